The Bertz CT molecular complexity index is 292. The first kappa shape index (κ1) is 19.2. The summed E-state index contributed by atoms with van der Waals surface area (Å²) in [7, 11) is 0. The van der Waals surface area contributed by atoms with Gasteiger partial charge in [-0.25, -0.2) is 4.79 Å². The Balaban J connectivity index is 4.21. The van der Waals surface area contributed by atoms with E-state index >= 15 is 0 Å². The van der Waals surface area contributed by atoms with Gasteiger partial charge < -0.3 is 20.5 Å². The Morgan fingerprint density at radius 1 is 1.20 bits per heavy atom. The largest absolute Gasteiger partial charge is 0.444 e. The number of nitrogens with one attached hydrogen (secondary N) is 2. The van der Waals surface area contributed by atoms with Crippen LogP contribution in [0.5, 0.6) is 0 Å². The van der Waals surface area contributed by atoms with Crippen molar-refractivity contribution in [1.29, 1.82) is 0 Å². The Morgan fingerprint density at radius 2 is 1.75 bits per heavy atom. The third kappa shape index (κ3) is 9.15. The van der Waals surface area contributed by atoms with Gasteiger partial charge in [0.1, 0.15) is 5.60 Å². The molecule has 3 N–H and O–H groups in total. The summed E-state index contributed by atoms with van der Waals surface area (Å²) in [5, 5.41) is 15.3. The average Bonchev–Trinajstić information content (AvgIpc) is 2.22. The Labute approximate surface area is 123 Å². The lowest BCUT2D eigenvalue weighted by molar-refractivity contribution is 0.0520. The molecule has 0 bridgehead atoms. The van der Waals surface area contributed by atoms with Crippen LogP contribution in [0, 0.1) is 5.41 Å². The lowest BCUT2D eigenvalue weighted by Gasteiger charge is -2.34. The van der Waals surface area contributed by atoms with Crippen molar-refractivity contribution in [3.8, 4) is 0 Å². The Kier molecular flexibility index (Phi) is 7.52. The molecular formula is C15H32N2O3. The highest BCUT2D eigenvalue weighted by Crippen LogP contribution is 2.21. The lowest BCUT2D eigenvalue weighted by Crippen LogP contribution is -2.49. The molecule has 0 aliphatic heterocycles. The van der Waals surface area contributed by atoms with Crippen LogP contribution in [-0.4, -0.2) is 42.0 Å². The average molecular weight is 288 g/mol. The fraction of sp³-hybridized carbons (Fsp3) is 0.933. The monoisotopic (exact) mass is 288 g/mol. The van der Waals surface area contributed by atoms with Crippen LogP contribution in [0.4, 0.5) is 4.79 Å². The van der Waals surface area contributed by atoms with Crippen LogP contribution in [0.25, 0.3) is 0 Å². The van der Waals surface area contributed by atoms with Crippen molar-refractivity contribution in [1.82, 2.24) is 10.6 Å². The Hall–Kier alpha value is -0.810. The van der Waals surface area contributed by atoms with Gasteiger partial charge >= 0.3 is 6.09 Å². The number of ether oxygens (including phenoxy) is 1. The van der Waals surface area contributed by atoms with Crippen LogP contribution in [0.15, 0.2) is 0 Å². The first-order valence-corrected chi connectivity index (χ1v) is 7.29. The van der Waals surface area contributed by atoms with Gasteiger partial charge in [-0.1, -0.05) is 20.8 Å². The van der Waals surface area contributed by atoms with Crippen LogP contribution < -0.4 is 10.6 Å². The zero-order chi connectivity index (χ0) is 16.0. The van der Waals surface area contributed by atoms with Crippen molar-refractivity contribution in [2.45, 2.75) is 72.6 Å². The number of rotatable bonds is 6. The number of hydrogen-bond donors (Lipinski definition) is 3. The summed E-state index contributed by atoms with van der Waals surface area (Å²) in [6.45, 7) is 14.6. The summed E-state index contributed by atoms with van der Waals surface area (Å²) in [4.78, 5) is 11.6. The molecule has 5 nitrogen and oxygen atoms in total. The Morgan fingerprint density at radius 3 is 2.15 bits per heavy atom. The van der Waals surface area contributed by atoms with E-state index in [4.69, 9.17) is 9.84 Å². The number of aliphatic hydroxyl groups is 1. The maximum absolute atomic E-state index is 11.6. The molecule has 0 aliphatic carbocycles. The standard InChI is InChI=1S/C15H32N2O3/c1-11(10-16-13(19)20-15(5,6)7)17-12(8-9-18)14(2,3)4/h11-12,17-18H,8-10H2,1-7H3,(H,16,19). The lowest BCUT2D eigenvalue weighted by atomic mass is 9.84. The highest BCUT2D eigenvalue weighted by Gasteiger charge is 2.25. The van der Waals surface area contributed by atoms with Crippen molar-refractivity contribution in [3.63, 3.8) is 0 Å². The number of hydrogen-bond acceptors (Lipinski definition) is 4. The predicted octanol–water partition coefficient (Wildman–Crippen LogP) is 2.29. The third-order valence-electron chi connectivity index (χ3n) is 2.90. The van der Waals surface area contributed by atoms with Crippen molar-refractivity contribution in [2.24, 2.45) is 5.41 Å². The second-order valence-electron chi connectivity index (χ2n) is 7.38. The van der Waals surface area contributed by atoms with Crippen LogP contribution >= 0.6 is 0 Å². The topological polar surface area (TPSA) is 70.6 Å². The van der Waals surface area contributed by atoms with Crippen LogP contribution in [0.3, 0.4) is 0 Å². The molecule has 2 unspecified atom stereocenters. The summed E-state index contributed by atoms with van der Waals surface area (Å²) in [5.41, 5.74) is -0.422. The molecular weight excluding hydrogens is 256 g/mol. The van der Waals surface area contributed by atoms with Crippen LogP contribution in [0.2, 0.25) is 0 Å². The van der Waals surface area contributed by atoms with E-state index in [1.807, 2.05) is 27.7 Å². The molecule has 0 aromatic heterocycles. The van der Waals surface area contributed by atoms with Gasteiger partial charge in [0.05, 0.1) is 0 Å². The summed E-state index contributed by atoms with van der Waals surface area (Å²) in [6.07, 6.45) is 0.293. The van der Waals surface area contributed by atoms with E-state index in [2.05, 4.69) is 31.4 Å². The fourth-order valence-electron chi connectivity index (χ4n) is 1.85. The molecule has 5 heteroatoms. The molecule has 0 fully saturated rings. The number of carbonyl (C=O) groups excluding carboxylic acids is 1. The second kappa shape index (κ2) is 7.84. The minimum Gasteiger partial charge on any atom is -0.444 e. The van der Waals surface area contributed by atoms with Gasteiger partial charge in [0.25, 0.3) is 0 Å². The molecule has 0 spiro atoms. The van der Waals surface area contributed by atoms with E-state index < -0.39 is 11.7 Å². The first-order chi connectivity index (χ1) is 8.95. The van der Waals surface area contributed by atoms with Gasteiger partial charge in [0.15, 0.2) is 0 Å². The van der Waals surface area contributed by atoms with E-state index in [1.165, 1.54) is 0 Å². The molecule has 0 aliphatic rings. The molecule has 0 radical (unpaired) electrons. The molecule has 120 valence electrons. The highest BCUT2D eigenvalue weighted by atomic mass is 16.6. The van der Waals surface area contributed by atoms with Crippen molar-refractivity contribution in [2.75, 3.05) is 13.2 Å². The van der Waals surface area contributed by atoms with E-state index in [0.29, 0.717) is 13.0 Å². The van der Waals surface area contributed by atoms with Crippen molar-refractivity contribution < 1.29 is 14.6 Å². The van der Waals surface area contributed by atoms with Crippen molar-refractivity contribution >= 4 is 6.09 Å². The smallest absolute Gasteiger partial charge is 0.407 e. The quantitative estimate of drug-likeness (QED) is 0.701. The first-order valence-electron chi connectivity index (χ1n) is 7.29. The SMILES string of the molecule is CC(CNC(=O)OC(C)(C)C)NC(CCO)C(C)(C)C. The maximum atomic E-state index is 11.6. The van der Waals surface area contributed by atoms with Gasteiger partial charge in [0.2, 0.25) is 0 Å². The maximum Gasteiger partial charge on any atom is 0.407 e. The van der Waals surface area contributed by atoms with Gasteiger partial charge in [-0.3, -0.25) is 0 Å². The van der Waals surface area contributed by atoms with E-state index in [0.717, 1.165) is 0 Å². The molecule has 1 amide bonds. The minimum atomic E-state index is -0.481. The predicted molar refractivity (Wildman–Crippen MR) is 81.8 cm³/mol. The van der Waals surface area contributed by atoms with E-state index in [9.17, 15) is 4.79 Å². The van der Waals surface area contributed by atoms with Gasteiger partial charge in [-0.15, -0.1) is 0 Å². The second-order valence-corrected chi connectivity index (χ2v) is 7.38. The van der Waals surface area contributed by atoms with E-state index in [1.54, 1.807) is 0 Å². The molecule has 0 aromatic rings. The summed E-state index contributed by atoms with van der Waals surface area (Å²) in [6, 6.07) is 0.307. The molecule has 0 saturated carbocycles. The zero-order valence-corrected chi connectivity index (χ0v) is 14.0. The molecule has 20 heavy (non-hydrogen) atoms. The zero-order valence-electron chi connectivity index (χ0n) is 14.0. The van der Waals surface area contributed by atoms with Gasteiger partial charge in [0, 0.05) is 25.2 Å². The molecule has 0 aromatic carbocycles. The van der Waals surface area contributed by atoms with Gasteiger partial charge in [-0.05, 0) is 39.5 Å². The molecule has 0 heterocycles. The number of carbonyl (C=O) groups is 1. The molecule has 0 rings (SSSR count). The van der Waals surface area contributed by atoms with E-state index in [-0.39, 0.29) is 24.1 Å². The van der Waals surface area contributed by atoms with Crippen molar-refractivity contribution in [3.05, 3.63) is 0 Å². The van der Waals surface area contributed by atoms with Gasteiger partial charge in [-0.2, -0.15) is 0 Å². The highest BCUT2D eigenvalue weighted by molar-refractivity contribution is 5.67. The summed E-state index contributed by atoms with van der Waals surface area (Å²) in [5.74, 6) is 0. The number of amides is 1. The normalized spacial score (nSPS) is 15.6. The summed E-state index contributed by atoms with van der Waals surface area (Å²) < 4.78 is 5.19. The fourth-order valence-corrected chi connectivity index (χ4v) is 1.85. The number of aliphatic hydroxyl groups excluding tert-OH is 1. The third-order valence-corrected chi connectivity index (χ3v) is 2.90. The summed E-state index contributed by atoms with van der Waals surface area (Å²) >= 11 is 0. The van der Waals surface area contributed by atoms with Crippen LogP contribution in [0.1, 0.15) is 54.9 Å². The minimum absolute atomic E-state index is 0.0584. The molecule has 2 atom stereocenters. The van der Waals surface area contributed by atoms with Crippen LogP contribution in [-0.2, 0) is 4.74 Å². The molecule has 0 saturated heterocycles. The number of alkyl carbamates (subject to hydrolysis) is 1.